The van der Waals surface area contributed by atoms with Gasteiger partial charge in [-0.15, -0.1) is 0 Å². The molecule has 0 aliphatic carbocycles. The molecule has 1 aromatic carbocycles. The van der Waals surface area contributed by atoms with Gasteiger partial charge in [0.2, 0.25) is 0 Å². The van der Waals surface area contributed by atoms with Gasteiger partial charge in [-0.1, -0.05) is 31.5 Å². The molecule has 0 saturated heterocycles. The summed E-state index contributed by atoms with van der Waals surface area (Å²) >= 11 is 5.67. The van der Waals surface area contributed by atoms with E-state index in [0.29, 0.717) is 5.92 Å². The van der Waals surface area contributed by atoms with Crippen molar-refractivity contribution >= 4 is 11.6 Å². The van der Waals surface area contributed by atoms with Crippen molar-refractivity contribution in [2.45, 2.75) is 26.8 Å². The Kier molecular flexibility index (Phi) is 5.06. The summed E-state index contributed by atoms with van der Waals surface area (Å²) in [7, 11) is 0. The van der Waals surface area contributed by atoms with Crippen LogP contribution in [0.5, 0.6) is 0 Å². The number of halogens is 2. The van der Waals surface area contributed by atoms with Gasteiger partial charge in [-0.25, -0.2) is 4.39 Å². The molecule has 84 valence electrons. The molecule has 0 aliphatic heterocycles. The molecule has 1 nitrogen and oxygen atoms in total. The van der Waals surface area contributed by atoms with Crippen molar-refractivity contribution in [3.8, 4) is 0 Å². The Morgan fingerprint density at radius 3 is 2.73 bits per heavy atom. The first-order chi connectivity index (χ1) is 7.09. The molecule has 0 fully saturated rings. The van der Waals surface area contributed by atoms with E-state index in [-0.39, 0.29) is 10.8 Å². The standard InChI is InChI=1S/C12H17ClFN/c1-9(2)5-6-15-8-10-3-4-12(14)11(13)7-10/h3-4,7,9,15H,5-6,8H2,1-2H3. The van der Waals surface area contributed by atoms with E-state index in [1.165, 1.54) is 6.07 Å². The first-order valence-electron chi connectivity index (χ1n) is 5.24. The Labute approximate surface area is 95.6 Å². The second-order valence-corrected chi connectivity index (χ2v) is 4.51. The van der Waals surface area contributed by atoms with E-state index in [9.17, 15) is 4.39 Å². The number of hydrogen-bond donors (Lipinski definition) is 1. The van der Waals surface area contributed by atoms with E-state index in [1.807, 2.05) is 0 Å². The minimum Gasteiger partial charge on any atom is -0.313 e. The van der Waals surface area contributed by atoms with Gasteiger partial charge < -0.3 is 5.32 Å². The molecule has 0 spiro atoms. The van der Waals surface area contributed by atoms with Crippen LogP contribution >= 0.6 is 11.6 Å². The van der Waals surface area contributed by atoms with Crippen LogP contribution in [-0.2, 0) is 6.54 Å². The molecule has 0 saturated carbocycles. The van der Waals surface area contributed by atoms with Gasteiger partial charge in [0.1, 0.15) is 5.82 Å². The van der Waals surface area contributed by atoms with Gasteiger partial charge in [-0.3, -0.25) is 0 Å². The molecule has 0 aromatic heterocycles. The van der Waals surface area contributed by atoms with Crippen LogP contribution in [-0.4, -0.2) is 6.54 Å². The minimum absolute atomic E-state index is 0.193. The molecule has 1 N–H and O–H groups in total. The summed E-state index contributed by atoms with van der Waals surface area (Å²) in [5.74, 6) is 0.344. The molecule has 0 bridgehead atoms. The van der Waals surface area contributed by atoms with Crippen LogP contribution < -0.4 is 5.32 Å². The summed E-state index contributed by atoms with van der Waals surface area (Å²) in [6.45, 7) is 6.10. The third kappa shape index (κ3) is 4.63. The monoisotopic (exact) mass is 229 g/mol. The van der Waals surface area contributed by atoms with Crippen LogP contribution in [0.2, 0.25) is 5.02 Å². The highest BCUT2D eigenvalue weighted by atomic mass is 35.5. The van der Waals surface area contributed by atoms with Gasteiger partial charge in [-0.05, 0) is 36.6 Å². The zero-order valence-electron chi connectivity index (χ0n) is 9.19. The van der Waals surface area contributed by atoms with Crippen LogP contribution in [0.3, 0.4) is 0 Å². The molecule has 0 unspecified atom stereocenters. The Morgan fingerprint density at radius 2 is 2.13 bits per heavy atom. The first kappa shape index (κ1) is 12.5. The van der Waals surface area contributed by atoms with Crippen molar-refractivity contribution in [3.63, 3.8) is 0 Å². The van der Waals surface area contributed by atoms with Crippen LogP contribution in [0.25, 0.3) is 0 Å². The van der Waals surface area contributed by atoms with Gasteiger partial charge in [0, 0.05) is 6.54 Å². The molecule has 0 heterocycles. The fourth-order valence-electron chi connectivity index (χ4n) is 1.27. The van der Waals surface area contributed by atoms with Crippen LogP contribution in [0, 0.1) is 11.7 Å². The van der Waals surface area contributed by atoms with E-state index < -0.39 is 0 Å². The summed E-state index contributed by atoms with van der Waals surface area (Å²) < 4.78 is 12.8. The van der Waals surface area contributed by atoms with Crippen LogP contribution in [0.1, 0.15) is 25.8 Å². The Morgan fingerprint density at radius 1 is 1.40 bits per heavy atom. The number of nitrogens with one attached hydrogen (secondary N) is 1. The van der Waals surface area contributed by atoms with E-state index in [1.54, 1.807) is 12.1 Å². The lowest BCUT2D eigenvalue weighted by molar-refractivity contribution is 0.537. The topological polar surface area (TPSA) is 12.0 Å². The highest BCUT2D eigenvalue weighted by Gasteiger charge is 2.00. The SMILES string of the molecule is CC(C)CCNCc1ccc(F)c(Cl)c1. The molecule has 15 heavy (non-hydrogen) atoms. The highest BCUT2D eigenvalue weighted by Crippen LogP contribution is 2.15. The van der Waals surface area contributed by atoms with Gasteiger partial charge in [-0.2, -0.15) is 0 Å². The summed E-state index contributed by atoms with van der Waals surface area (Å²) in [5, 5.41) is 3.49. The van der Waals surface area contributed by atoms with E-state index in [2.05, 4.69) is 19.2 Å². The average Bonchev–Trinajstić information content (AvgIpc) is 2.18. The summed E-state index contributed by atoms with van der Waals surface area (Å²) in [6.07, 6.45) is 1.15. The number of benzene rings is 1. The molecule has 1 rings (SSSR count). The normalized spacial score (nSPS) is 11.0. The lowest BCUT2D eigenvalue weighted by Crippen LogP contribution is -2.16. The molecular formula is C12H17ClFN. The smallest absolute Gasteiger partial charge is 0.141 e. The molecule has 3 heteroatoms. The van der Waals surface area contributed by atoms with E-state index >= 15 is 0 Å². The second kappa shape index (κ2) is 6.09. The van der Waals surface area contributed by atoms with Crippen LogP contribution in [0.15, 0.2) is 18.2 Å². The van der Waals surface area contributed by atoms with Crippen molar-refractivity contribution in [1.29, 1.82) is 0 Å². The first-order valence-corrected chi connectivity index (χ1v) is 5.62. The third-order valence-corrected chi connectivity index (χ3v) is 2.50. The largest absolute Gasteiger partial charge is 0.313 e. The third-order valence-electron chi connectivity index (χ3n) is 2.21. The van der Waals surface area contributed by atoms with E-state index in [0.717, 1.165) is 25.1 Å². The van der Waals surface area contributed by atoms with Crippen LogP contribution in [0.4, 0.5) is 4.39 Å². The summed E-state index contributed by atoms with van der Waals surface area (Å²) in [4.78, 5) is 0. The Bertz CT molecular complexity index is 312. The Hall–Kier alpha value is -0.600. The zero-order chi connectivity index (χ0) is 11.3. The fraction of sp³-hybridized carbons (Fsp3) is 0.500. The molecular weight excluding hydrogens is 213 g/mol. The molecule has 0 atom stereocenters. The van der Waals surface area contributed by atoms with Crippen molar-refractivity contribution in [2.24, 2.45) is 5.92 Å². The maximum atomic E-state index is 12.8. The maximum Gasteiger partial charge on any atom is 0.141 e. The lowest BCUT2D eigenvalue weighted by atomic mass is 10.1. The Balaban J connectivity index is 2.35. The predicted octanol–water partition coefficient (Wildman–Crippen LogP) is 3.61. The minimum atomic E-state index is -0.359. The zero-order valence-corrected chi connectivity index (χ0v) is 9.94. The van der Waals surface area contributed by atoms with Gasteiger partial charge in [0.15, 0.2) is 0 Å². The molecule has 0 radical (unpaired) electrons. The average molecular weight is 230 g/mol. The summed E-state index contributed by atoms with van der Waals surface area (Å²) in [5.41, 5.74) is 1.02. The van der Waals surface area contributed by atoms with Gasteiger partial charge in [0.25, 0.3) is 0 Å². The van der Waals surface area contributed by atoms with Crippen molar-refractivity contribution in [2.75, 3.05) is 6.54 Å². The highest BCUT2D eigenvalue weighted by molar-refractivity contribution is 6.30. The summed E-state index contributed by atoms with van der Waals surface area (Å²) in [6, 6.07) is 4.82. The van der Waals surface area contributed by atoms with Crippen molar-refractivity contribution in [1.82, 2.24) is 5.32 Å². The molecule has 1 aromatic rings. The molecule has 0 aliphatic rings. The number of rotatable bonds is 5. The predicted molar refractivity (Wildman–Crippen MR) is 62.6 cm³/mol. The second-order valence-electron chi connectivity index (χ2n) is 4.11. The maximum absolute atomic E-state index is 12.8. The fourth-order valence-corrected chi connectivity index (χ4v) is 1.48. The van der Waals surface area contributed by atoms with E-state index in [4.69, 9.17) is 11.6 Å². The van der Waals surface area contributed by atoms with Gasteiger partial charge >= 0.3 is 0 Å². The number of hydrogen-bond acceptors (Lipinski definition) is 1. The van der Waals surface area contributed by atoms with Gasteiger partial charge in [0.05, 0.1) is 5.02 Å². The lowest BCUT2D eigenvalue weighted by Gasteiger charge is -2.07. The van der Waals surface area contributed by atoms with Crippen molar-refractivity contribution in [3.05, 3.63) is 34.6 Å². The molecule has 0 amide bonds. The van der Waals surface area contributed by atoms with Crippen molar-refractivity contribution < 1.29 is 4.39 Å². The quantitative estimate of drug-likeness (QED) is 0.761.